The Bertz CT molecular complexity index is 415. The lowest BCUT2D eigenvalue weighted by atomic mass is 9.51. The van der Waals surface area contributed by atoms with Crippen molar-refractivity contribution in [1.82, 2.24) is 0 Å². The smallest absolute Gasteiger partial charge is 0.330 e. The first-order valence-corrected chi connectivity index (χ1v) is 11.1. The van der Waals surface area contributed by atoms with Crippen molar-refractivity contribution in [3.8, 4) is 0 Å². The third kappa shape index (κ3) is 4.14. The van der Waals surface area contributed by atoms with Crippen molar-refractivity contribution in [2.45, 2.75) is 103 Å². The van der Waals surface area contributed by atoms with Gasteiger partial charge in [0.05, 0.1) is 0 Å². The maximum Gasteiger partial charge on any atom is 0.330 e. The van der Waals surface area contributed by atoms with Crippen molar-refractivity contribution in [2.24, 2.45) is 23.2 Å². The van der Waals surface area contributed by atoms with E-state index in [9.17, 15) is 9.90 Å². The summed E-state index contributed by atoms with van der Waals surface area (Å²) in [5.41, 5.74) is 0.783. The molecule has 0 aliphatic heterocycles. The first kappa shape index (κ1) is 19.0. The second kappa shape index (κ2) is 8.73. The molecular formula is C23H38O2. The Labute approximate surface area is 154 Å². The Morgan fingerprint density at radius 1 is 0.720 bits per heavy atom. The molecule has 142 valence electrons. The van der Waals surface area contributed by atoms with Crippen LogP contribution in [-0.2, 0) is 4.79 Å². The molecule has 3 aliphatic rings. The molecule has 3 saturated carbocycles. The summed E-state index contributed by atoms with van der Waals surface area (Å²) >= 11 is 0. The van der Waals surface area contributed by atoms with Crippen LogP contribution < -0.4 is 0 Å². The van der Waals surface area contributed by atoms with E-state index in [0.29, 0.717) is 5.57 Å². The van der Waals surface area contributed by atoms with Crippen LogP contribution in [0.15, 0.2) is 11.6 Å². The van der Waals surface area contributed by atoms with E-state index in [-0.39, 0.29) is 5.41 Å². The number of hydrogen-bond donors (Lipinski definition) is 1. The van der Waals surface area contributed by atoms with Gasteiger partial charge in [0.25, 0.3) is 0 Å². The van der Waals surface area contributed by atoms with Crippen LogP contribution in [0.5, 0.6) is 0 Å². The van der Waals surface area contributed by atoms with Gasteiger partial charge in [0.15, 0.2) is 0 Å². The average molecular weight is 347 g/mol. The number of carboxylic acid groups (broad SMARTS) is 1. The van der Waals surface area contributed by atoms with E-state index >= 15 is 0 Å². The van der Waals surface area contributed by atoms with Gasteiger partial charge in [-0.25, -0.2) is 4.79 Å². The number of aliphatic carboxylic acids is 1. The van der Waals surface area contributed by atoms with Crippen LogP contribution >= 0.6 is 0 Å². The lowest BCUT2D eigenvalue weighted by Gasteiger charge is -2.53. The van der Waals surface area contributed by atoms with E-state index in [4.69, 9.17) is 0 Å². The summed E-state index contributed by atoms with van der Waals surface area (Å²) in [7, 11) is 0. The second-order valence-corrected chi connectivity index (χ2v) is 9.14. The highest BCUT2D eigenvalue weighted by Crippen LogP contribution is 2.57. The quantitative estimate of drug-likeness (QED) is 0.559. The lowest BCUT2D eigenvalue weighted by Crippen LogP contribution is -2.46. The first-order chi connectivity index (χ1) is 12.1. The standard InChI is InChI=1S/C23H38O2/c1-18(22(24)25)17-23(19-11-5-2-6-12-19,20-13-7-3-8-14-20)21-15-9-4-10-16-21/h17,19-21H,2-16H2,1H3,(H,24,25). The van der Waals surface area contributed by atoms with E-state index in [1.807, 2.05) is 6.92 Å². The number of rotatable bonds is 5. The topological polar surface area (TPSA) is 37.3 Å². The third-order valence-corrected chi connectivity index (χ3v) is 7.74. The largest absolute Gasteiger partial charge is 0.478 e. The maximum atomic E-state index is 11.8. The van der Waals surface area contributed by atoms with Gasteiger partial charge in [-0.05, 0) is 68.6 Å². The molecule has 0 bridgehead atoms. The molecule has 2 nitrogen and oxygen atoms in total. The molecule has 3 fully saturated rings. The Hall–Kier alpha value is -0.790. The zero-order valence-corrected chi connectivity index (χ0v) is 16.3. The van der Waals surface area contributed by atoms with Crippen molar-refractivity contribution in [1.29, 1.82) is 0 Å². The summed E-state index contributed by atoms with van der Waals surface area (Å²) in [5, 5.41) is 9.67. The highest BCUT2D eigenvalue weighted by Gasteiger charge is 2.49. The van der Waals surface area contributed by atoms with E-state index < -0.39 is 5.97 Å². The summed E-state index contributed by atoms with van der Waals surface area (Å²) in [4.78, 5) is 11.8. The van der Waals surface area contributed by atoms with Gasteiger partial charge in [-0.3, -0.25) is 0 Å². The summed E-state index contributed by atoms with van der Waals surface area (Å²) in [6.45, 7) is 1.85. The fourth-order valence-corrected chi connectivity index (χ4v) is 6.60. The molecule has 3 aliphatic carbocycles. The Kier molecular flexibility index (Phi) is 6.63. The molecule has 0 aromatic carbocycles. The normalized spacial score (nSPS) is 25.9. The molecule has 0 spiro atoms. The molecular weight excluding hydrogens is 308 g/mol. The van der Waals surface area contributed by atoms with Gasteiger partial charge in [0.1, 0.15) is 0 Å². The molecule has 0 amide bonds. The van der Waals surface area contributed by atoms with Crippen molar-refractivity contribution < 1.29 is 9.90 Å². The molecule has 25 heavy (non-hydrogen) atoms. The Morgan fingerprint density at radius 3 is 1.32 bits per heavy atom. The Balaban J connectivity index is 2.03. The van der Waals surface area contributed by atoms with Crippen LogP contribution in [0.1, 0.15) is 103 Å². The van der Waals surface area contributed by atoms with Crippen LogP contribution in [0.4, 0.5) is 0 Å². The number of carbonyl (C=O) groups is 1. The third-order valence-electron chi connectivity index (χ3n) is 7.74. The monoisotopic (exact) mass is 346 g/mol. The van der Waals surface area contributed by atoms with Gasteiger partial charge in [-0.1, -0.05) is 63.9 Å². The molecule has 2 heteroatoms. The summed E-state index contributed by atoms with van der Waals surface area (Å²) in [5.74, 6) is 1.47. The summed E-state index contributed by atoms with van der Waals surface area (Å²) in [6, 6.07) is 0. The number of hydrogen-bond acceptors (Lipinski definition) is 1. The van der Waals surface area contributed by atoms with Crippen molar-refractivity contribution in [3.63, 3.8) is 0 Å². The molecule has 0 aromatic rings. The highest BCUT2D eigenvalue weighted by atomic mass is 16.4. The fourth-order valence-electron chi connectivity index (χ4n) is 6.60. The van der Waals surface area contributed by atoms with Gasteiger partial charge in [0.2, 0.25) is 0 Å². The van der Waals surface area contributed by atoms with Gasteiger partial charge in [0, 0.05) is 5.57 Å². The molecule has 3 rings (SSSR count). The second-order valence-electron chi connectivity index (χ2n) is 9.14. The minimum Gasteiger partial charge on any atom is -0.478 e. The van der Waals surface area contributed by atoms with Crippen LogP contribution in [0.3, 0.4) is 0 Å². The predicted molar refractivity (Wildman–Crippen MR) is 104 cm³/mol. The minimum absolute atomic E-state index is 0.170. The molecule has 0 aromatic heterocycles. The SMILES string of the molecule is CC(=CC(C1CCCCC1)(C1CCCCC1)C1CCCCC1)C(=O)O. The lowest BCUT2D eigenvalue weighted by molar-refractivity contribution is -0.132. The Morgan fingerprint density at radius 2 is 1.04 bits per heavy atom. The molecule has 0 unspecified atom stereocenters. The number of allylic oxidation sites excluding steroid dienone is 1. The predicted octanol–water partition coefficient (Wildman–Crippen LogP) is 6.74. The van der Waals surface area contributed by atoms with E-state index in [0.717, 1.165) is 17.8 Å². The van der Waals surface area contributed by atoms with Crippen LogP contribution in [-0.4, -0.2) is 11.1 Å². The minimum atomic E-state index is -0.702. The van der Waals surface area contributed by atoms with Crippen molar-refractivity contribution in [2.75, 3.05) is 0 Å². The van der Waals surface area contributed by atoms with Gasteiger partial charge >= 0.3 is 5.97 Å². The van der Waals surface area contributed by atoms with E-state index in [1.54, 1.807) is 0 Å². The molecule has 0 saturated heterocycles. The molecule has 0 atom stereocenters. The van der Waals surface area contributed by atoms with E-state index in [2.05, 4.69) is 6.08 Å². The maximum absolute atomic E-state index is 11.8. The number of carboxylic acids is 1. The summed E-state index contributed by atoms with van der Waals surface area (Å²) in [6.07, 6.45) is 22.5. The fraction of sp³-hybridized carbons (Fsp3) is 0.870. The molecule has 1 N–H and O–H groups in total. The molecule has 0 radical (unpaired) electrons. The zero-order chi connectivity index (χ0) is 17.7. The van der Waals surface area contributed by atoms with Gasteiger partial charge in [-0.15, -0.1) is 0 Å². The van der Waals surface area contributed by atoms with Gasteiger partial charge < -0.3 is 5.11 Å². The van der Waals surface area contributed by atoms with E-state index in [1.165, 1.54) is 96.3 Å². The van der Waals surface area contributed by atoms with Crippen molar-refractivity contribution in [3.05, 3.63) is 11.6 Å². The molecule has 0 heterocycles. The highest BCUT2D eigenvalue weighted by molar-refractivity contribution is 5.86. The summed E-state index contributed by atoms with van der Waals surface area (Å²) < 4.78 is 0. The van der Waals surface area contributed by atoms with Crippen LogP contribution in [0.2, 0.25) is 0 Å². The van der Waals surface area contributed by atoms with Crippen molar-refractivity contribution >= 4 is 5.97 Å². The van der Waals surface area contributed by atoms with Crippen LogP contribution in [0.25, 0.3) is 0 Å². The zero-order valence-electron chi connectivity index (χ0n) is 16.3. The van der Waals surface area contributed by atoms with Gasteiger partial charge in [-0.2, -0.15) is 0 Å². The average Bonchev–Trinajstić information content (AvgIpc) is 2.68. The van der Waals surface area contributed by atoms with Crippen LogP contribution in [0, 0.1) is 23.2 Å². The first-order valence-electron chi connectivity index (χ1n) is 11.1.